The van der Waals surface area contributed by atoms with Gasteiger partial charge in [-0.3, -0.25) is 9.78 Å². The van der Waals surface area contributed by atoms with Gasteiger partial charge in [-0.1, -0.05) is 12.1 Å². The molecule has 1 amide bonds. The van der Waals surface area contributed by atoms with Crippen LogP contribution >= 0.6 is 0 Å². The number of amides is 1. The highest BCUT2D eigenvalue weighted by Gasteiger charge is 2.23. The quantitative estimate of drug-likeness (QED) is 0.728. The van der Waals surface area contributed by atoms with Crippen LogP contribution in [0.1, 0.15) is 10.5 Å². The van der Waals surface area contributed by atoms with Gasteiger partial charge < -0.3 is 14.5 Å². The lowest BCUT2D eigenvalue weighted by Gasteiger charge is -2.36. The van der Waals surface area contributed by atoms with Gasteiger partial charge in [0.1, 0.15) is 11.4 Å². The van der Waals surface area contributed by atoms with Gasteiger partial charge >= 0.3 is 0 Å². The smallest absolute Gasteiger partial charge is 0.274 e. The number of ether oxygens (including phenoxy) is 1. The summed E-state index contributed by atoms with van der Waals surface area (Å²) in [6.07, 6.45) is 1.57. The fourth-order valence-corrected chi connectivity index (χ4v) is 3.18. The highest BCUT2D eigenvalue weighted by molar-refractivity contribution is 5.94. The molecule has 3 aromatic rings. The zero-order valence-corrected chi connectivity index (χ0v) is 14.6. The van der Waals surface area contributed by atoms with E-state index in [0.717, 1.165) is 35.6 Å². The topological polar surface area (TPSA) is 58.6 Å². The van der Waals surface area contributed by atoms with Crippen molar-refractivity contribution in [3.05, 3.63) is 60.4 Å². The first-order chi connectivity index (χ1) is 12.7. The van der Waals surface area contributed by atoms with E-state index >= 15 is 0 Å². The molecule has 0 saturated carbocycles. The number of hydrogen-bond acceptors (Lipinski definition) is 5. The van der Waals surface area contributed by atoms with Crippen LogP contribution < -0.4 is 9.64 Å². The number of methoxy groups -OCH3 is 1. The van der Waals surface area contributed by atoms with E-state index in [4.69, 9.17) is 4.74 Å². The van der Waals surface area contributed by atoms with Crippen LogP contribution in [0.3, 0.4) is 0 Å². The van der Waals surface area contributed by atoms with Gasteiger partial charge in [-0.05, 0) is 36.4 Å². The van der Waals surface area contributed by atoms with Crippen molar-refractivity contribution in [2.45, 2.75) is 0 Å². The highest BCUT2D eigenvalue weighted by atomic mass is 16.5. The van der Waals surface area contributed by atoms with Gasteiger partial charge in [-0.25, -0.2) is 4.98 Å². The number of carbonyl (C=O) groups excluding carboxylic acids is 1. The molecular weight excluding hydrogens is 328 g/mol. The molecule has 6 nitrogen and oxygen atoms in total. The minimum absolute atomic E-state index is 0.0577. The molecule has 4 rings (SSSR count). The zero-order valence-electron chi connectivity index (χ0n) is 14.6. The third kappa shape index (κ3) is 3.18. The van der Waals surface area contributed by atoms with Crippen molar-refractivity contribution in [2.24, 2.45) is 0 Å². The summed E-state index contributed by atoms with van der Waals surface area (Å²) < 4.78 is 5.20. The predicted octanol–water partition coefficient (Wildman–Crippen LogP) is 2.60. The number of hydrogen-bond donors (Lipinski definition) is 0. The number of benzene rings is 2. The summed E-state index contributed by atoms with van der Waals surface area (Å²) in [6.45, 7) is 2.91. The normalized spacial score (nSPS) is 14.5. The van der Waals surface area contributed by atoms with E-state index in [-0.39, 0.29) is 5.91 Å². The van der Waals surface area contributed by atoms with Gasteiger partial charge in [0.25, 0.3) is 5.91 Å². The van der Waals surface area contributed by atoms with E-state index in [2.05, 4.69) is 14.9 Å². The number of aromatic nitrogens is 2. The molecule has 1 aromatic heterocycles. The SMILES string of the molecule is COc1ccc(N2CCN(C(=O)c3cnc4ccccc4n3)CC2)cc1. The van der Waals surface area contributed by atoms with E-state index in [1.54, 1.807) is 13.3 Å². The van der Waals surface area contributed by atoms with Crippen molar-refractivity contribution in [2.75, 3.05) is 38.2 Å². The average molecular weight is 348 g/mol. The first-order valence-corrected chi connectivity index (χ1v) is 8.65. The van der Waals surface area contributed by atoms with Crippen molar-refractivity contribution in [1.82, 2.24) is 14.9 Å². The fraction of sp³-hybridized carbons (Fsp3) is 0.250. The van der Waals surface area contributed by atoms with E-state index in [9.17, 15) is 4.79 Å². The van der Waals surface area contributed by atoms with Gasteiger partial charge in [0.15, 0.2) is 0 Å². The standard InChI is InChI=1S/C20H20N4O2/c1-26-16-8-6-15(7-9-16)23-10-12-24(13-11-23)20(25)19-14-21-17-4-2-3-5-18(17)22-19/h2-9,14H,10-13H2,1H3. The Balaban J connectivity index is 1.43. The Morgan fingerprint density at radius 2 is 1.65 bits per heavy atom. The molecule has 1 aliphatic rings. The van der Waals surface area contributed by atoms with Crippen LogP contribution in [-0.4, -0.2) is 54.1 Å². The molecule has 0 bridgehead atoms. The lowest BCUT2D eigenvalue weighted by molar-refractivity contribution is 0.0741. The maximum absolute atomic E-state index is 12.8. The Morgan fingerprint density at radius 1 is 0.962 bits per heavy atom. The summed E-state index contributed by atoms with van der Waals surface area (Å²) >= 11 is 0. The van der Waals surface area contributed by atoms with Crippen molar-refractivity contribution in [3.63, 3.8) is 0 Å². The molecule has 1 fully saturated rings. The minimum atomic E-state index is -0.0577. The molecule has 0 aliphatic carbocycles. The van der Waals surface area contributed by atoms with Crippen LogP contribution in [0.25, 0.3) is 11.0 Å². The van der Waals surface area contributed by atoms with Crippen molar-refractivity contribution in [3.8, 4) is 5.75 Å². The molecule has 1 aliphatic heterocycles. The Labute approximate surface area is 152 Å². The van der Waals surface area contributed by atoms with Crippen molar-refractivity contribution < 1.29 is 9.53 Å². The summed E-state index contributed by atoms with van der Waals surface area (Å²) in [5, 5.41) is 0. The Hall–Kier alpha value is -3.15. The van der Waals surface area contributed by atoms with E-state index in [0.29, 0.717) is 18.8 Å². The summed E-state index contributed by atoms with van der Waals surface area (Å²) in [6, 6.07) is 15.6. The number of piperazine rings is 1. The second kappa shape index (κ2) is 7.00. The molecule has 6 heteroatoms. The van der Waals surface area contributed by atoms with E-state index < -0.39 is 0 Å². The monoisotopic (exact) mass is 348 g/mol. The largest absolute Gasteiger partial charge is 0.497 e. The first-order valence-electron chi connectivity index (χ1n) is 8.65. The summed E-state index contributed by atoms with van der Waals surface area (Å²) in [4.78, 5) is 25.7. The molecule has 0 radical (unpaired) electrons. The molecule has 26 heavy (non-hydrogen) atoms. The molecule has 0 atom stereocenters. The number of nitrogens with zero attached hydrogens (tertiary/aromatic N) is 4. The average Bonchev–Trinajstić information content (AvgIpc) is 2.73. The summed E-state index contributed by atoms with van der Waals surface area (Å²) in [5.41, 5.74) is 3.09. The Morgan fingerprint density at radius 3 is 2.35 bits per heavy atom. The molecule has 0 unspecified atom stereocenters. The zero-order chi connectivity index (χ0) is 17.9. The van der Waals surface area contributed by atoms with Gasteiger partial charge in [0.2, 0.25) is 0 Å². The van der Waals surface area contributed by atoms with Crippen LogP contribution in [0.5, 0.6) is 5.75 Å². The van der Waals surface area contributed by atoms with Crippen LogP contribution in [-0.2, 0) is 0 Å². The number of para-hydroxylation sites is 2. The third-order valence-electron chi connectivity index (χ3n) is 4.67. The Bertz CT molecular complexity index is 919. The molecule has 1 saturated heterocycles. The van der Waals surface area contributed by atoms with Crippen molar-refractivity contribution in [1.29, 1.82) is 0 Å². The Kier molecular flexibility index (Phi) is 4.39. The first kappa shape index (κ1) is 16.3. The second-order valence-electron chi connectivity index (χ2n) is 6.22. The summed E-state index contributed by atoms with van der Waals surface area (Å²) in [7, 11) is 1.66. The predicted molar refractivity (Wildman–Crippen MR) is 101 cm³/mol. The van der Waals surface area contributed by atoms with Crippen LogP contribution in [0.2, 0.25) is 0 Å². The van der Waals surface area contributed by atoms with E-state index in [1.165, 1.54) is 0 Å². The number of fused-ring (bicyclic) bond motifs is 1. The van der Waals surface area contributed by atoms with Gasteiger partial charge in [-0.2, -0.15) is 0 Å². The fourth-order valence-electron chi connectivity index (χ4n) is 3.18. The number of rotatable bonds is 3. The minimum Gasteiger partial charge on any atom is -0.497 e. The molecule has 132 valence electrons. The van der Waals surface area contributed by atoms with Crippen LogP contribution in [0, 0.1) is 0 Å². The third-order valence-corrected chi connectivity index (χ3v) is 4.67. The molecule has 0 N–H and O–H groups in total. The molecular formula is C20H20N4O2. The second-order valence-corrected chi connectivity index (χ2v) is 6.22. The lowest BCUT2D eigenvalue weighted by atomic mass is 10.2. The number of carbonyl (C=O) groups is 1. The van der Waals surface area contributed by atoms with Gasteiger partial charge in [-0.15, -0.1) is 0 Å². The molecule has 2 aromatic carbocycles. The maximum Gasteiger partial charge on any atom is 0.274 e. The summed E-state index contributed by atoms with van der Waals surface area (Å²) in [5.74, 6) is 0.787. The molecule has 2 heterocycles. The van der Waals surface area contributed by atoms with Gasteiger partial charge in [0, 0.05) is 31.9 Å². The van der Waals surface area contributed by atoms with E-state index in [1.807, 2.05) is 53.4 Å². The van der Waals surface area contributed by atoms with Crippen LogP contribution in [0.15, 0.2) is 54.7 Å². The number of anilines is 1. The van der Waals surface area contributed by atoms with Crippen molar-refractivity contribution >= 4 is 22.6 Å². The van der Waals surface area contributed by atoms with Gasteiger partial charge in [0.05, 0.1) is 24.3 Å². The maximum atomic E-state index is 12.8. The van der Waals surface area contributed by atoms with Crippen LogP contribution in [0.4, 0.5) is 5.69 Å². The lowest BCUT2D eigenvalue weighted by Crippen LogP contribution is -2.49. The highest BCUT2D eigenvalue weighted by Crippen LogP contribution is 2.21. The molecule has 0 spiro atoms.